The van der Waals surface area contributed by atoms with Crippen LogP contribution in [0.5, 0.6) is 0 Å². The molecule has 4 fully saturated rings. The van der Waals surface area contributed by atoms with Gasteiger partial charge in [-0.2, -0.15) is 0 Å². The van der Waals surface area contributed by atoms with Gasteiger partial charge in [0.25, 0.3) is 0 Å². The van der Waals surface area contributed by atoms with Crippen LogP contribution in [0.2, 0.25) is 0 Å². The first-order chi connectivity index (χ1) is 12.2. The van der Waals surface area contributed by atoms with Gasteiger partial charge >= 0.3 is 0 Å². The van der Waals surface area contributed by atoms with E-state index in [-0.39, 0.29) is 33.7 Å². The van der Waals surface area contributed by atoms with Gasteiger partial charge in [-0.05, 0) is 65.2 Å². The first-order valence-electron chi connectivity index (χ1n) is 10.5. The molecule has 0 heterocycles. The van der Waals surface area contributed by atoms with Gasteiger partial charge in [0, 0.05) is 11.8 Å². The number of hydrogen-bond acceptors (Lipinski definition) is 2. The van der Waals surface area contributed by atoms with Gasteiger partial charge in [0.1, 0.15) is 5.78 Å². The fraction of sp³-hybridized carbons (Fsp3) is 0.708. The van der Waals surface area contributed by atoms with Crippen LogP contribution in [0, 0.1) is 39.4 Å². The lowest BCUT2D eigenvalue weighted by molar-refractivity contribution is -0.339. The topological polar surface area (TPSA) is 37.3 Å². The van der Waals surface area contributed by atoms with Crippen LogP contribution in [0.4, 0.5) is 0 Å². The van der Waals surface area contributed by atoms with Crippen LogP contribution in [-0.4, -0.2) is 17.0 Å². The number of aliphatic hydroxyl groups is 1. The molecule has 140 valence electrons. The molecule has 5 rings (SSSR count). The molecule has 0 amide bonds. The van der Waals surface area contributed by atoms with E-state index in [4.69, 9.17) is 0 Å². The minimum atomic E-state index is -0.302. The Hall–Kier alpha value is -1.15. The lowest BCUT2D eigenvalue weighted by Crippen LogP contribution is -2.81. The van der Waals surface area contributed by atoms with Gasteiger partial charge in [0.2, 0.25) is 0 Å². The molecule has 26 heavy (non-hydrogen) atoms. The zero-order valence-corrected chi connectivity index (χ0v) is 16.6. The van der Waals surface area contributed by atoms with Crippen molar-refractivity contribution in [3.05, 3.63) is 35.9 Å². The zero-order chi connectivity index (χ0) is 18.5. The summed E-state index contributed by atoms with van der Waals surface area (Å²) >= 11 is 0. The Morgan fingerprint density at radius 2 is 1.81 bits per heavy atom. The van der Waals surface area contributed by atoms with Crippen molar-refractivity contribution in [2.24, 2.45) is 39.4 Å². The van der Waals surface area contributed by atoms with Gasteiger partial charge < -0.3 is 5.11 Å². The van der Waals surface area contributed by atoms with E-state index in [1.54, 1.807) is 0 Å². The van der Waals surface area contributed by atoms with Crippen molar-refractivity contribution in [3.8, 4) is 0 Å². The quantitative estimate of drug-likeness (QED) is 0.841. The minimum Gasteiger partial charge on any atom is -0.392 e. The Morgan fingerprint density at radius 1 is 1.12 bits per heavy atom. The average Bonchev–Trinajstić information content (AvgIpc) is 2.62. The van der Waals surface area contributed by atoms with Crippen LogP contribution < -0.4 is 0 Å². The normalized spacial score (nSPS) is 54.6. The Bertz CT molecular complexity index is 772. The first kappa shape index (κ1) is 17.0. The Kier molecular flexibility index (Phi) is 3.15. The zero-order valence-electron chi connectivity index (χ0n) is 16.6. The summed E-state index contributed by atoms with van der Waals surface area (Å²) in [6.07, 6.45) is 4.43. The Labute approximate surface area is 157 Å². The summed E-state index contributed by atoms with van der Waals surface area (Å²) in [4.78, 5) is 12.9. The number of Topliss-reactive ketones (excluding diaryl/α,β-unsaturated/α-hetero) is 1. The van der Waals surface area contributed by atoms with Gasteiger partial charge in [0.15, 0.2) is 0 Å². The van der Waals surface area contributed by atoms with Gasteiger partial charge in [-0.15, -0.1) is 0 Å². The van der Waals surface area contributed by atoms with E-state index in [1.165, 1.54) is 5.56 Å². The van der Waals surface area contributed by atoms with Crippen LogP contribution in [0.3, 0.4) is 0 Å². The Balaban J connectivity index is 1.59. The molecule has 2 heteroatoms. The first-order valence-corrected chi connectivity index (χ1v) is 10.5. The highest BCUT2D eigenvalue weighted by Gasteiger charge is 2.86. The maximum Gasteiger partial charge on any atom is 0.139 e. The van der Waals surface area contributed by atoms with Crippen LogP contribution in [0.1, 0.15) is 58.9 Å². The van der Waals surface area contributed by atoms with Gasteiger partial charge in [-0.25, -0.2) is 0 Å². The van der Waals surface area contributed by atoms with Crippen LogP contribution >= 0.6 is 0 Å². The van der Waals surface area contributed by atoms with Crippen molar-refractivity contribution >= 4 is 5.78 Å². The standard InChI is InChI=1S/C24H32O2/c1-15-19(26)21(3,12-17-8-6-5-7-9-17)13-22(4)16(2)24-14-23(15,20(22)24)11-10-18(24)25/h5-9,15-16,19-20,26H,10-14H2,1-4H3/t15-,16?,19?,20?,21+,22+,23?,24-/m0/s1. The van der Waals surface area contributed by atoms with Crippen molar-refractivity contribution < 1.29 is 9.90 Å². The second-order valence-electron chi connectivity index (χ2n) is 10.8. The van der Waals surface area contributed by atoms with E-state index in [2.05, 4.69) is 58.0 Å². The molecule has 0 aromatic heterocycles. The summed E-state index contributed by atoms with van der Waals surface area (Å²) in [5.74, 6) is 1.76. The number of carbonyl (C=O) groups is 1. The van der Waals surface area contributed by atoms with Crippen molar-refractivity contribution in [3.63, 3.8) is 0 Å². The lowest BCUT2D eigenvalue weighted by atomic mass is 9.19. The van der Waals surface area contributed by atoms with Crippen LogP contribution in [0.25, 0.3) is 0 Å². The number of benzene rings is 1. The molecule has 2 bridgehead atoms. The Morgan fingerprint density at radius 3 is 2.50 bits per heavy atom. The highest BCUT2D eigenvalue weighted by atomic mass is 16.3. The number of rotatable bonds is 2. The summed E-state index contributed by atoms with van der Waals surface area (Å²) in [6, 6.07) is 10.6. The fourth-order valence-electron chi connectivity index (χ4n) is 8.86. The van der Waals surface area contributed by atoms with Crippen molar-refractivity contribution in [1.82, 2.24) is 0 Å². The number of hydrogen-bond donors (Lipinski definition) is 1. The van der Waals surface area contributed by atoms with Crippen molar-refractivity contribution in [1.29, 1.82) is 0 Å². The van der Waals surface area contributed by atoms with Crippen LogP contribution in [-0.2, 0) is 11.2 Å². The molecule has 1 aromatic carbocycles. The number of carbonyl (C=O) groups excluding carboxylic acids is 1. The SMILES string of the molecule is CC1[C@@]2(C)C[C@@](C)(Cc3ccccc3)C(O)[C@H](C)C34CCC(=O)[C@@]1(C3)C42. The van der Waals surface area contributed by atoms with Crippen molar-refractivity contribution in [2.45, 2.75) is 65.9 Å². The van der Waals surface area contributed by atoms with E-state index in [1.807, 2.05) is 0 Å². The molecule has 4 saturated carbocycles. The third kappa shape index (κ3) is 1.63. The number of ketones is 1. The summed E-state index contributed by atoms with van der Waals surface area (Å²) < 4.78 is 0. The van der Waals surface area contributed by atoms with Gasteiger partial charge in [0.05, 0.1) is 6.10 Å². The summed E-state index contributed by atoms with van der Waals surface area (Å²) in [6.45, 7) is 9.34. The van der Waals surface area contributed by atoms with E-state index >= 15 is 0 Å². The monoisotopic (exact) mass is 352 g/mol. The summed E-state index contributed by atoms with van der Waals surface area (Å²) in [5, 5.41) is 11.6. The maximum atomic E-state index is 12.9. The maximum absolute atomic E-state index is 12.9. The number of aliphatic hydroxyl groups excluding tert-OH is 1. The minimum absolute atomic E-state index is 0.0427. The van der Waals surface area contributed by atoms with E-state index < -0.39 is 0 Å². The summed E-state index contributed by atoms with van der Waals surface area (Å²) in [5.41, 5.74) is 1.52. The van der Waals surface area contributed by atoms with Crippen molar-refractivity contribution in [2.75, 3.05) is 0 Å². The second kappa shape index (κ2) is 4.82. The predicted molar refractivity (Wildman–Crippen MR) is 103 cm³/mol. The third-order valence-electron chi connectivity index (χ3n) is 9.80. The molecule has 1 aromatic rings. The molecular formula is C24H32O2. The van der Waals surface area contributed by atoms with E-state index in [0.717, 1.165) is 32.1 Å². The smallest absolute Gasteiger partial charge is 0.139 e. The predicted octanol–water partition coefficient (Wildman–Crippen LogP) is 4.65. The largest absolute Gasteiger partial charge is 0.392 e. The van der Waals surface area contributed by atoms with Gasteiger partial charge in [-0.3, -0.25) is 4.79 Å². The molecule has 4 aliphatic rings. The molecule has 0 saturated heterocycles. The molecule has 0 radical (unpaired) electrons. The molecule has 4 unspecified atom stereocenters. The molecule has 2 spiro atoms. The molecule has 0 aliphatic heterocycles. The lowest BCUT2D eigenvalue weighted by Gasteiger charge is -2.83. The molecule has 2 nitrogen and oxygen atoms in total. The van der Waals surface area contributed by atoms with E-state index in [9.17, 15) is 9.90 Å². The van der Waals surface area contributed by atoms with E-state index in [0.29, 0.717) is 17.6 Å². The second-order valence-corrected chi connectivity index (χ2v) is 10.8. The molecule has 4 aliphatic carbocycles. The highest BCUT2D eigenvalue weighted by Crippen LogP contribution is 2.88. The van der Waals surface area contributed by atoms with Gasteiger partial charge in [-0.1, -0.05) is 58.0 Å². The van der Waals surface area contributed by atoms with Crippen LogP contribution in [0.15, 0.2) is 30.3 Å². The fourth-order valence-corrected chi connectivity index (χ4v) is 8.86. The molecule has 1 N–H and O–H groups in total. The summed E-state index contributed by atoms with van der Waals surface area (Å²) in [7, 11) is 0. The molecular weight excluding hydrogens is 320 g/mol. The third-order valence-corrected chi connectivity index (χ3v) is 9.80. The highest BCUT2D eigenvalue weighted by molar-refractivity contribution is 5.90. The average molecular weight is 353 g/mol. The molecule has 8 atom stereocenters.